The molecule has 1 unspecified atom stereocenters. The maximum absolute atomic E-state index is 13.5. The Morgan fingerprint density at radius 3 is 3.00 bits per heavy atom. The molecule has 1 aromatic carbocycles. The minimum atomic E-state index is -0.758. The van der Waals surface area contributed by atoms with Gasteiger partial charge in [0.15, 0.2) is 0 Å². The van der Waals surface area contributed by atoms with E-state index in [4.69, 9.17) is 9.47 Å². The fraction of sp³-hybridized carbons (Fsp3) is 0.462. The van der Waals surface area contributed by atoms with Gasteiger partial charge in [0, 0.05) is 26.7 Å². The number of methoxy groups -OCH3 is 1. The Kier molecular flexibility index (Phi) is 4.01. The lowest BCUT2D eigenvalue weighted by atomic mass is 10.0. The molecule has 19 heavy (non-hydrogen) atoms. The molecule has 1 aromatic rings. The molecule has 1 heterocycles. The number of hydrogen-bond acceptors (Lipinski definition) is 4. The molecule has 1 amide bonds. The molecule has 1 aliphatic heterocycles. The van der Waals surface area contributed by atoms with Gasteiger partial charge in [-0.05, 0) is 12.1 Å². The highest BCUT2D eigenvalue weighted by molar-refractivity contribution is 5.97. The lowest BCUT2D eigenvalue weighted by Gasteiger charge is -2.25. The van der Waals surface area contributed by atoms with Gasteiger partial charge in [-0.2, -0.15) is 0 Å². The molecule has 6 heteroatoms. The summed E-state index contributed by atoms with van der Waals surface area (Å²) in [5, 5.41) is 12.1. The van der Waals surface area contributed by atoms with Gasteiger partial charge in [-0.1, -0.05) is 6.07 Å². The number of hydrogen-bond donors (Lipinski definition) is 2. The number of phenolic OH excluding ortho intramolecular Hbond substituents is 1. The second kappa shape index (κ2) is 5.54. The normalized spacial score (nSPS) is 22.4. The first-order valence-corrected chi connectivity index (χ1v) is 5.96. The lowest BCUT2D eigenvalue weighted by molar-refractivity contribution is -0.0149. The number of nitrogens with one attached hydrogen (secondary N) is 1. The maximum atomic E-state index is 13.5. The van der Waals surface area contributed by atoms with Crippen LogP contribution in [0.15, 0.2) is 18.2 Å². The van der Waals surface area contributed by atoms with E-state index in [-0.39, 0.29) is 17.9 Å². The molecule has 5 nitrogen and oxygen atoms in total. The molecule has 0 bridgehead atoms. The van der Waals surface area contributed by atoms with Crippen molar-refractivity contribution in [2.45, 2.75) is 12.0 Å². The smallest absolute Gasteiger partial charge is 0.258 e. The molecule has 1 aliphatic rings. The van der Waals surface area contributed by atoms with Gasteiger partial charge < -0.3 is 19.9 Å². The molecule has 104 valence electrons. The SMILES string of the molecule is COC1(CNC(=O)c2c(O)cccc2F)CCOC1. The Morgan fingerprint density at radius 2 is 2.42 bits per heavy atom. The molecule has 0 saturated carbocycles. The van der Waals surface area contributed by atoms with Crippen LogP contribution in [0.4, 0.5) is 4.39 Å². The average Bonchev–Trinajstić information content (AvgIpc) is 2.86. The minimum Gasteiger partial charge on any atom is -0.507 e. The second-order valence-electron chi connectivity index (χ2n) is 4.51. The Hall–Kier alpha value is -1.66. The summed E-state index contributed by atoms with van der Waals surface area (Å²) in [6.45, 7) is 1.15. The molecule has 0 spiro atoms. The van der Waals surface area contributed by atoms with E-state index >= 15 is 0 Å². The van der Waals surface area contributed by atoms with E-state index in [1.807, 2.05) is 0 Å². The van der Waals surface area contributed by atoms with E-state index in [2.05, 4.69) is 5.32 Å². The van der Waals surface area contributed by atoms with Crippen LogP contribution >= 0.6 is 0 Å². The molecule has 1 atom stereocenters. The topological polar surface area (TPSA) is 67.8 Å². The van der Waals surface area contributed by atoms with E-state index in [0.717, 1.165) is 6.07 Å². The van der Waals surface area contributed by atoms with Crippen molar-refractivity contribution in [2.24, 2.45) is 0 Å². The number of halogens is 1. The molecule has 0 radical (unpaired) electrons. The number of aromatic hydroxyl groups is 1. The first-order chi connectivity index (χ1) is 9.08. The van der Waals surface area contributed by atoms with Gasteiger partial charge >= 0.3 is 0 Å². The number of phenols is 1. The van der Waals surface area contributed by atoms with E-state index in [0.29, 0.717) is 19.6 Å². The molecule has 1 saturated heterocycles. The number of rotatable bonds is 4. The van der Waals surface area contributed by atoms with Crippen LogP contribution in [0.2, 0.25) is 0 Å². The summed E-state index contributed by atoms with van der Waals surface area (Å²) in [4.78, 5) is 11.9. The summed E-state index contributed by atoms with van der Waals surface area (Å²) in [5.74, 6) is -1.81. The summed E-state index contributed by atoms with van der Waals surface area (Å²) >= 11 is 0. The van der Waals surface area contributed by atoms with Crippen LogP contribution in [-0.4, -0.2) is 43.5 Å². The van der Waals surface area contributed by atoms with Crippen LogP contribution in [-0.2, 0) is 9.47 Å². The van der Waals surface area contributed by atoms with Crippen molar-refractivity contribution in [1.82, 2.24) is 5.32 Å². The van der Waals surface area contributed by atoms with E-state index in [1.165, 1.54) is 12.1 Å². The van der Waals surface area contributed by atoms with E-state index in [9.17, 15) is 14.3 Å². The standard InChI is InChI=1S/C13H16FNO4/c1-18-13(5-6-19-8-13)7-15-12(17)11-9(14)3-2-4-10(11)16/h2-4,16H,5-8H2,1H3,(H,15,17). The maximum Gasteiger partial charge on any atom is 0.258 e. The van der Waals surface area contributed by atoms with E-state index in [1.54, 1.807) is 7.11 Å². The third-order valence-corrected chi connectivity index (χ3v) is 3.29. The van der Waals surface area contributed by atoms with Crippen LogP contribution in [0.5, 0.6) is 5.75 Å². The van der Waals surface area contributed by atoms with Crippen molar-refractivity contribution in [3.8, 4) is 5.75 Å². The lowest BCUT2D eigenvalue weighted by Crippen LogP contribution is -2.45. The van der Waals surface area contributed by atoms with Crippen LogP contribution in [0.25, 0.3) is 0 Å². The van der Waals surface area contributed by atoms with Gasteiger partial charge in [0.1, 0.15) is 22.7 Å². The second-order valence-corrected chi connectivity index (χ2v) is 4.51. The van der Waals surface area contributed by atoms with Gasteiger partial charge in [0.2, 0.25) is 0 Å². The van der Waals surface area contributed by atoms with Crippen molar-refractivity contribution >= 4 is 5.91 Å². The molecule has 1 fully saturated rings. The number of carbonyl (C=O) groups is 1. The van der Waals surface area contributed by atoms with Crippen LogP contribution in [0.3, 0.4) is 0 Å². The highest BCUT2D eigenvalue weighted by Gasteiger charge is 2.35. The molecule has 2 N–H and O–H groups in total. The summed E-state index contributed by atoms with van der Waals surface area (Å²) in [5.41, 5.74) is -0.927. The summed E-state index contributed by atoms with van der Waals surface area (Å²) in [6.07, 6.45) is 0.660. The highest BCUT2D eigenvalue weighted by Crippen LogP contribution is 2.23. The van der Waals surface area contributed by atoms with Crippen LogP contribution in [0.1, 0.15) is 16.8 Å². The van der Waals surface area contributed by atoms with Gasteiger partial charge in [-0.25, -0.2) is 4.39 Å². The molecular formula is C13H16FNO4. The van der Waals surface area contributed by atoms with Gasteiger partial charge in [-0.15, -0.1) is 0 Å². The predicted octanol–water partition coefficient (Wildman–Crippen LogP) is 1.07. The number of carbonyl (C=O) groups excluding carboxylic acids is 1. The quantitative estimate of drug-likeness (QED) is 0.858. The van der Waals surface area contributed by atoms with Crippen molar-refractivity contribution in [3.63, 3.8) is 0 Å². The van der Waals surface area contributed by atoms with Crippen molar-refractivity contribution < 1.29 is 23.8 Å². The van der Waals surface area contributed by atoms with Gasteiger partial charge in [0.05, 0.1) is 6.61 Å². The number of benzene rings is 1. The fourth-order valence-corrected chi connectivity index (χ4v) is 2.03. The summed E-state index contributed by atoms with van der Waals surface area (Å²) in [7, 11) is 1.54. The fourth-order valence-electron chi connectivity index (χ4n) is 2.03. The highest BCUT2D eigenvalue weighted by atomic mass is 19.1. The molecule has 0 aromatic heterocycles. The monoisotopic (exact) mass is 269 g/mol. The predicted molar refractivity (Wildman–Crippen MR) is 65.6 cm³/mol. The number of ether oxygens (including phenoxy) is 2. The van der Waals surface area contributed by atoms with Crippen LogP contribution in [0, 0.1) is 5.82 Å². The zero-order chi connectivity index (χ0) is 13.9. The van der Waals surface area contributed by atoms with Crippen molar-refractivity contribution in [3.05, 3.63) is 29.6 Å². The zero-order valence-electron chi connectivity index (χ0n) is 10.6. The van der Waals surface area contributed by atoms with Gasteiger partial charge in [-0.3, -0.25) is 4.79 Å². The zero-order valence-corrected chi connectivity index (χ0v) is 10.6. The first-order valence-electron chi connectivity index (χ1n) is 5.96. The molecule has 0 aliphatic carbocycles. The molecular weight excluding hydrogens is 253 g/mol. The first kappa shape index (κ1) is 13.8. The third kappa shape index (κ3) is 2.85. The Balaban J connectivity index is 2.05. The summed E-state index contributed by atoms with van der Waals surface area (Å²) < 4.78 is 24.1. The molecule has 2 rings (SSSR count). The number of amides is 1. The average molecular weight is 269 g/mol. The largest absolute Gasteiger partial charge is 0.507 e. The Morgan fingerprint density at radius 1 is 1.63 bits per heavy atom. The van der Waals surface area contributed by atoms with Crippen molar-refractivity contribution in [2.75, 3.05) is 26.9 Å². The van der Waals surface area contributed by atoms with Crippen LogP contribution < -0.4 is 5.32 Å². The Labute approximate surface area is 110 Å². The Bertz CT molecular complexity index is 451. The minimum absolute atomic E-state index is 0.204. The summed E-state index contributed by atoms with van der Waals surface area (Å²) in [6, 6.07) is 3.73. The van der Waals surface area contributed by atoms with Crippen molar-refractivity contribution in [1.29, 1.82) is 0 Å². The van der Waals surface area contributed by atoms with E-state index < -0.39 is 17.3 Å². The third-order valence-electron chi connectivity index (χ3n) is 3.29. The van der Waals surface area contributed by atoms with Gasteiger partial charge in [0.25, 0.3) is 5.91 Å².